The van der Waals surface area contributed by atoms with Crippen LogP contribution in [-0.2, 0) is 24.2 Å². The molecule has 5 nitrogen and oxygen atoms in total. The van der Waals surface area contributed by atoms with Crippen molar-refractivity contribution in [2.24, 2.45) is 0 Å². The van der Waals surface area contributed by atoms with Crippen LogP contribution in [-0.4, -0.2) is 59.5 Å². The number of aromatic nitrogens is 1. The number of carbonyl (C=O) groups is 1. The second-order valence-corrected chi connectivity index (χ2v) is 9.63. The van der Waals surface area contributed by atoms with Gasteiger partial charge in [0.15, 0.2) is 0 Å². The van der Waals surface area contributed by atoms with Crippen molar-refractivity contribution in [2.45, 2.75) is 31.5 Å². The number of hydrogen-bond acceptors (Lipinski definition) is 3. The molecule has 0 bridgehead atoms. The van der Waals surface area contributed by atoms with Gasteiger partial charge in [0.05, 0.1) is 6.04 Å². The van der Waals surface area contributed by atoms with Crippen LogP contribution in [0.25, 0.3) is 10.9 Å². The molecule has 0 radical (unpaired) electrons. The average Bonchev–Trinajstić information content (AvgIpc) is 3.29. The molecular weight excluding hydrogens is 432 g/mol. The maximum absolute atomic E-state index is 13.8. The monoisotopic (exact) mass is 466 g/mol. The van der Waals surface area contributed by atoms with Gasteiger partial charge in [-0.2, -0.15) is 0 Å². The lowest BCUT2D eigenvalue weighted by Gasteiger charge is -2.40. The third-order valence-corrected chi connectivity index (χ3v) is 7.00. The Morgan fingerprint density at radius 2 is 1.63 bits per heavy atom. The van der Waals surface area contributed by atoms with Crippen LogP contribution in [0.5, 0.6) is 0 Å². The standard InChI is InChI=1S/C30H34N4O/c1-33(21-24-12-6-3-7-13-24)22-26(18-23-10-4-2-5-11-23)34-17-16-31-29(30(34)35)19-25-20-32-28-15-9-8-14-27(25)28/h2-15,20,26,29,31-32H,16-19,21-22H2,1H3/t26?,29-/m1/s1. The van der Waals surface area contributed by atoms with Crippen LogP contribution in [0.2, 0.25) is 0 Å². The van der Waals surface area contributed by atoms with E-state index < -0.39 is 0 Å². The fourth-order valence-electron chi connectivity index (χ4n) is 5.28. The third-order valence-electron chi connectivity index (χ3n) is 7.00. The zero-order chi connectivity index (χ0) is 24.0. The van der Waals surface area contributed by atoms with E-state index in [4.69, 9.17) is 0 Å². The second-order valence-electron chi connectivity index (χ2n) is 9.63. The molecule has 1 saturated heterocycles. The van der Waals surface area contributed by atoms with Crippen molar-refractivity contribution >= 4 is 16.8 Å². The highest BCUT2D eigenvalue weighted by Gasteiger charge is 2.34. The van der Waals surface area contributed by atoms with Crippen molar-refractivity contribution in [3.8, 4) is 0 Å². The normalized spacial score (nSPS) is 17.3. The molecule has 4 aromatic rings. The van der Waals surface area contributed by atoms with Crippen LogP contribution < -0.4 is 5.32 Å². The van der Waals surface area contributed by atoms with Gasteiger partial charge in [0.25, 0.3) is 0 Å². The minimum atomic E-state index is -0.208. The molecule has 2 atom stereocenters. The number of H-pyrrole nitrogens is 1. The summed E-state index contributed by atoms with van der Waals surface area (Å²) < 4.78 is 0. The molecule has 180 valence electrons. The highest BCUT2D eigenvalue weighted by molar-refractivity contribution is 5.86. The fraction of sp³-hybridized carbons (Fsp3) is 0.300. The maximum atomic E-state index is 13.8. The van der Waals surface area contributed by atoms with E-state index in [1.807, 2.05) is 18.3 Å². The summed E-state index contributed by atoms with van der Waals surface area (Å²) in [6, 6.07) is 29.3. The number of aromatic amines is 1. The molecule has 0 saturated carbocycles. The number of likely N-dealkylation sites (N-methyl/N-ethyl adjacent to an activating group) is 1. The Morgan fingerprint density at radius 3 is 2.40 bits per heavy atom. The Hall–Kier alpha value is -3.41. The molecule has 1 aromatic heterocycles. The lowest BCUT2D eigenvalue weighted by atomic mass is 9.98. The first kappa shape index (κ1) is 23.3. The third kappa shape index (κ3) is 5.64. The first-order valence-corrected chi connectivity index (χ1v) is 12.5. The minimum absolute atomic E-state index is 0.117. The summed E-state index contributed by atoms with van der Waals surface area (Å²) in [6.45, 7) is 3.24. The molecule has 0 spiro atoms. The van der Waals surface area contributed by atoms with E-state index in [-0.39, 0.29) is 18.0 Å². The van der Waals surface area contributed by atoms with Crippen molar-refractivity contribution in [2.75, 3.05) is 26.7 Å². The van der Waals surface area contributed by atoms with Gasteiger partial charge in [-0.1, -0.05) is 78.9 Å². The van der Waals surface area contributed by atoms with Gasteiger partial charge in [-0.15, -0.1) is 0 Å². The van der Waals surface area contributed by atoms with Crippen LogP contribution >= 0.6 is 0 Å². The molecule has 1 fully saturated rings. The number of piperazine rings is 1. The van der Waals surface area contributed by atoms with Gasteiger partial charge < -0.3 is 20.1 Å². The summed E-state index contributed by atoms with van der Waals surface area (Å²) in [6.07, 6.45) is 3.59. The summed E-state index contributed by atoms with van der Waals surface area (Å²) in [7, 11) is 2.15. The van der Waals surface area contributed by atoms with Gasteiger partial charge in [-0.05, 0) is 42.6 Å². The van der Waals surface area contributed by atoms with Crippen LogP contribution in [0, 0.1) is 0 Å². The first-order valence-electron chi connectivity index (χ1n) is 12.5. The largest absolute Gasteiger partial charge is 0.361 e. The van der Waals surface area contributed by atoms with E-state index in [9.17, 15) is 4.79 Å². The van der Waals surface area contributed by atoms with Gasteiger partial charge in [0, 0.05) is 49.3 Å². The lowest BCUT2D eigenvalue weighted by Crippen LogP contribution is -2.60. The molecule has 1 amide bonds. The Labute approximate surface area is 207 Å². The minimum Gasteiger partial charge on any atom is -0.361 e. The lowest BCUT2D eigenvalue weighted by molar-refractivity contribution is -0.138. The number of fused-ring (bicyclic) bond motifs is 1. The van der Waals surface area contributed by atoms with E-state index in [1.165, 1.54) is 22.1 Å². The molecule has 1 aliphatic rings. The number of amides is 1. The second kappa shape index (κ2) is 10.9. The Kier molecular flexibility index (Phi) is 7.26. The van der Waals surface area contributed by atoms with E-state index >= 15 is 0 Å². The summed E-state index contributed by atoms with van der Waals surface area (Å²) >= 11 is 0. The molecule has 5 heteroatoms. The number of nitrogens with zero attached hydrogens (tertiary/aromatic N) is 2. The summed E-state index contributed by atoms with van der Waals surface area (Å²) in [4.78, 5) is 21.6. The highest BCUT2D eigenvalue weighted by Crippen LogP contribution is 2.22. The van der Waals surface area contributed by atoms with Crippen molar-refractivity contribution in [1.82, 2.24) is 20.1 Å². The van der Waals surface area contributed by atoms with Gasteiger partial charge >= 0.3 is 0 Å². The van der Waals surface area contributed by atoms with E-state index in [0.717, 1.165) is 38.1 Å². The van der Waals surface area contributed by atoms with Crippen molar-refractivity contribution in [3.05, 3.63) is 108 Å². The van der Waals surface area contributed by atoms with Crippen molar-refractivity contribution in [1.29, 1.82) is 0 Å². The SMILES string of the molecule is CN(Cc1ccccc1)CC(Cc1ccccc1)N1CCN[C@H](Cc2c[nH]c3ccccc23)C1=O. The maximum Gasteiger partial charge on any atom is 0.240 e. The number of carbonyl (C=O) groups excluding carboxylic acids is 1. The Morgan fingerprint density at radius 1 is 0.943 bits per heavy atom. The molecule has 2 N–H and O–H groups in total. The Balaban J connectivity index is 1.34. The zero-order valence-corrected chi connectivity index (χ0v) is 20.4. The molecular formula is C30H34N4O. The van der Waals surface area contributed by atoms with E-state index in [1.54, 1.807) is 0 Å². The molecule has 1 unspecified atom stereocenters. The molecule has 35 heavy (non-hydrogen) atoms. The molecule has 5 rings (SSSR count). The predicted molar refractivity (Wildman–Crippen MR) is 142 cm³/mol. The van der Waals surface area contributed by atoms with Crippen LogP contribution in [0.1, 0.15) is 16.7 Å². The van der Waals surface area contributed by atoms with Gasteiger partial charge in [0.1, 0.15) is 0 Å². The number of hydrogen-bond donors (Lipinski definition) is 2. The predicted octanol–water partition coefficient (Wildman–Crippen LogP) is 4.25. The number of para-hydroxylation sites is 1. The molecule has 0 aliphatic carbocycles. The van der Waals surface area contributed by atoms with Crippen LogP contribution in [0.15, 0.2) is 91.1 Å². The molecule has 3 aromatic carbocycles. The quantitative estimate of drug-likeness (QED) is 0.388. The molecule has 1 aliphatic heterocycles. The van der Waals surface area contributed by atoms with Crippen LogP contribution in [0.4, 0.5) is 0 Å². The van der Waals surface area contributed by atoms with Crippen molar-refractivity contribution in [3.63, 3.8) is 0 Å². The van der Waals surface area contributed by atoms with E-state index in [0.29, 0.717) is 6.42 Å². The van der Waals surface area contributed by atoms with Gasteiger partial charge in [-0.25, -0.2) is 0 Å². The summed E-state index contributed by atoms with van der Waals surface area (Å²) in [5.74, 6) is 0.204. The number of benzene rings is 3. The fourth-order valence-corrected chi connectivity index (χ4v) is 5.28. The number of rotatable bonds is 9. The van der Waals surface area contributed by atoms with E-state index in [2.05, 4.69) is 99.9 Å². The van der Waals surface area contributed by atoms with Crippen LogP contribution in [0.3, 0.4) is 0 Å². The smallest absolute Gasteiger partial charge is 0.240 e. The first-order chi connectivity index (χ1) is 17.2. The van der Waals surface area contributed by atoms with Gasteiger partial charge in [-0.3, -0.25) is 4.79 Å². The molecule has 2 heterocycles. The number of nitrogens with one attached hydrogen (secondary N) is 2. The van der Waals surface area contributed by atoms with Gasteiger partial charge in [0.2, 0.25) is 5.91 Å². The average molecular weight is 467 g/mol. The summed E-state index contributed by atoms with van der Waals surface area (Å²) in [5.41, 5.74) is 4.86. The highest BCUT2D eigenvalue weighted by atomic mass is 16.2. The topological polar surface area (TPSA) is 51.4 Å². The zero-order valence-electron chi connectivity index (χ0n) is 20.4. The summed E-state index contributed by atoms with van der Waals surface area (Å²) in [5, 5.41) is 4.69. The van der Waals surface area contributed by atoms with Crippen molar-refractivity contribution < 1.29 is 4.79 Å². The Bertz CT molecular complexity index is 1240.